The van der Waals surface area contributed by atoms with Crippen molar-refractivity contribution in [2.75, 3.05) is 19.6 Å². The van der Waals surface area contributed by atoms with Crippen LogP contribution in [0.4, 0.5) is 13.2 Å². The largest absolute Gasteiger partial charge is 0.511 e. The van der Waals surface area contributed by atoms with Crippen LogP contribution in [-0.2, 0) is 10.0 Å². The Morgan fingerprint density at radius 2 is 1.81 bits per heavy atom. The van der Waals surface area contributed by atoms with Crippen molar-refractivity contribution in [2.45, 2.75) is 31.3 Å². The first-order valence-electron chi connectivity index (χ1n) is 5.07. The molecule has 0 aliphatic carbocycles. The van der Waals surface area contributed by atoms with Crippen molar-refractivity contribution in [3.05, 3.63) is 0 Å². The van der Waals surface area contributed by atoms with E-state index in [9.17, 15) is 21.6 Å². The number of hydrogen-bond acceptors (Lipinski definition) is 3. The highest BCUT2D eigenvalue weighted by Gasteiger charge is 2.46. The second-order valence-corrected chi connectivity index (χ2v) is 5.48. The predicted octanol–water partition coefficient (Wildman–Crippen LogP) is 0.910. The topological polar surface area (TPSA) is 49.4 Å². The number of alkyl halides is 3. The summed E-state index contributed by atoms with van der Waals surface area (Å²) in [5.41, 5.74) is -5.21. The molecule has 0 spiro atoms. The normalized spacial score (nSPS) is 21.2. The van der Waals surface area contributed by atoms with Gasteiger partial charge in [0.05, 0.1) is 0 Å². The fraction of sp³-hybridized carbons (Fsp3) is 1.00. The number of likely N-dealkylation sites (tertiary alicyclic amines) is 1. The Bertz CT molecular complexity index is 321. The summed E-state index contributed by atoms with van der Waals surface area (Å²) in [4.78, 5) is 2.07. The van der Waals surface area contributed by atoms with Gasteiger partial charge in [-0.15, -0.1) is 0 Å². The number of piperidine rings is 1. The van der Waals surface area contributed by atoms with Crippen molar-refractivity contribution in [2.24, 2.45) is 0 Å². The smallest absolute Gasteiger partial charge is 0.303 e. The molecule has 1 aliphatic rings. The van der Waals surface area contributed by atoms with Crippen LogP contribution in [-0.4, -0.2) is 44.5 Å². The first-order valence-corrected chi connectivity index (χ1v) is 6.55. The summed E-state index contributed by atoms with van der Waals surface area (Å²) in [7, 11) is -5.19. The summed E-state index contributed by atoms with van der Waals surface area (Å²) in [6.07, 6.45) is 0.840. The Hall–Kier alpha value is -0.340. The zero-order valence-electron chi connectivity index (χ0n) is 8.92. The van der Waals surface area contributed by atoms with Crippen molar-refractivity contribution >= 4 is 10.0 Å². The van der Waals surface area contributed by atoms with E-state index in [2.05, 4.69) is 4.90 Å². The third-order valence-electron chi connectivity index (χ3n) is 2.66. The highest BCUT2D eigenvalue weighted by molar-refractivity contribution is 7.90. The lowest BCUT2D eigenvalue weighted by molar-refractivity contribution is -0.0453. The van der Waals surface area contributed by atoms with Gasteiger partial charge < -0.3 is 4.90 Å². The summed E-state index contributed by atoms with van der Waals surface area (Å²) in [6, 6.07) is -0.602. The molecule has 0 saturated carbocycles. The second-order valence-electron chi connectivity index (χ2n) is 3.78. The molecule has 0 unspecified atom stereocenters. The second kappa shape index (κ2) is 4.89. The number of halogens is 3. The molecule has 0 radical (unpaired) electrons. The Morgan fingerprint density at radius 1 is 1.31 bits per heavy atom. The third-order valence-corrected chi connectivity index (χ3v) is 3.91. The molecule has 0 aromatic heterocycles. The maximum absolute atomic E-state index is 12.1. The van der Waals surface area contributed by atoms with Gasteiger partial charge in [-0.2, -0.15) is 13.2 Å². The molecular formula is C8H15F3N2O2S. The van der Waals surface area contributed by atoms with E-state index in [0.29, 0.717) is 25.9 Å². The highest BCUT2D eigenvalue weighted by atomic mass is 32.2. The van der Waals surface area contributed by atoms with E-state index in [1.807, 2.05) is 6.92 Å². The minimum Gasteiger partial charge on any atom is -0.303 e. The van der Waals surface area contributed by atoms with Crippen LogP contribution >= 0.6 is 0 Å². The Kier molecular flexibility index (Phi) is 4.19. The third kappa shape index (κ3) is 3.33. The lowest BCUT2D eigenvalue weighted by atomic mass is 10.1. The molecule has 0 bridgehead atoms. The molecule has 96 valence electrons. The average molecular weight is 260 g/mol. The number of nitrogens with zero attached hydrogens (tertiary/aromatic N) is 1. The summed E-state index contributed by atoms with van der Waals surface area (Å²) in [5, 5.41) is 0. The van der Waals surface area contributed by atoms with Crippen molar-refractivity contribution in [3.63, 3.8) is 0 Å². The monoisotopic (exact) mass is 260 g/mol. The molecule has 16 heavy (non-hydrogen) atoms. The maximum Gasteiger partial charge on any atom is 0.511 e. The van der Waals surface area contributed by atoms with Gasteiger partial charge in [0, 0.05) is 6.04 Å². The van der Waals surface area contributed by atoms with Gasteiger partial charge in [-0.05, 0) is 32.5 Å². The fourth-order valence-corrected chi connectivity index (χ4v) is 2.46. The van der Waals surface area contributed by atoms with Crippen molar-refractivity contribution in [1.29, 1.82) is 0 Å². The Morgan fingerprint density at radius 3 is 2.19 bits per heavy atom. The van der Waals surface area contributed by atoms with E-state index in [1.54, 1.807) is 4.72 Å². The molecule has 0 atom stereocenters. The van der Waals surface area contributed by atoms with Crippen molar-refractivity contribution < 1.29 is 21.6 Å². The van der Waals surface area contributed by atoms with Gasteiger partial charge in [0.15, 0.2) is 0 Å². The summed E-state index contributed by atoms with van der Waals surface area (Å²) in [6.45, 7) is 4.04. The first kappa shape index (κ1) is 13.7. The van der Waals surface area contributed by atoms with Gasteiger partial charge in [0.2, 0.25) is 0 Å². The van der Waals surface area contributed by atoms with E-state index in [0.717, 1.165) is 6.54 Å². The SMILES string of the molecule is CCN1CCC(NS(=O)(=O)C(F)(F)F)CC1. The van der Waals surface area contributed by atoms with E-state index >= 15 is 0 Å². The van der Waals surface area contributed by atoms with Gasteiger partial charge in [-0.3, -0.25) is 0 Å². The molecule has 1 N–H and O–H groups in total. The number of sulfonamides is 1. The molecule has 0 aromatic rings. The van der Waals surface area contributed by atoms with E-state index in [1.165, 1.54) is 0 Å². The molecule has 8 heteroatoms. The minimum absolute atomic E-state index is 0.420. The van der Waals surface area contributed by atoms with Crippen LogP contribution in [0.1, 0.15) is 19.8 Å². The first-order chi connectivity index (χ1) is 7.26. The van der Waals surface area contributed by atoms with Crippen LogP contribution in [0, 0.1) is 0 Å². The zero-order valence-corrected chi connectivity index (χ0v) is 9.74. The number of rotatable bonds is 3. The van der Waals surface area contributed by atoms with Crippen LogP contribution in [0.15, 0.2) is 0 Å². The average Bonchev–Trinajstić information content (AvgIpc) is 2.16. The van der Waals surface area contributed by atoms with Crippen LogP contribution in [0.25, 0.3) is 0 Å². The van der Waals surface area contributed by atoms with Crippen molar-refractivity contribution in [1.82, 2.24) is 9.62 Å². The molecule has 1 heterocycles. The van der Waals surface area contributed by atoms with Crippen molar-refractivity contribution in [3.8, 4) is 0 Å². The Balaban J connectivity index is 2.52. The Labute approximate surface area is 92.9 Å². The molecule has 4 nitrogen and oxygen atoms in total. The van der Waals surface area contributed by atoms with Crippen LogP contribution in [0.2, 0.25) is 0 Å². The number of nitrogens with one attached hydrogen (secondary N) is 1. The van der Waals surface area contributed by atoms with Gasteiger partial charge in [0.1, 0.15) is 0 Å². The molecule has 0 aromatic carbocycles. The predicted molar refractivity (Wildman–Crippen MR) is 53.2 cm³/mol. The van der Waals surface area contributed by atoms with Gasteiger partial charge >= 0.3 is 15.5 Å². The van der Waals surface area contributed by atoms with Gasteiger partial charge in [-0.1, -0.05) is 6.92 Å². The van der Waals surface area contributed by atoms with E-state index < -0.39 is 21.6 Å². The molecular weight excluding hydrogens is 245 g/mol. The van der Waals surface area contributed by atoms with E-state index in [4.69, 9.17) is 0 Å². The van der Waals surface area contributed by atoms with Crippen LogP contribution < -0.4 is 4.72 Å². The summed E-state index contributed by atoms with van der Waals surface area (Å²) >= 11 is 0. The molecule has 1 aliphatic heterocycles. The zero-order chi connectivity index (χ0) is 12.4. The lowest BCUT2D eigenvalue weighted by Crippen LogP contribution is -2.48. The molecule has 1 fully saturated rings. The highest BCUT2D eigenvalue weighted by Crippen LogP contribution is 2.23. The van der Waals surface area contributed by atoms with Gasteiger partial charge in [-0.25, -0.2) is 13.1 Å². The lowest BCUT2D eigenvalue weighted by Gasteiger charge is -2.31. The van der Waals surface area contributed by atoms with Crippen LogP contribution in [0.5, 0.6) is 0 Å². The summed E-state index contributed by atoms with van der Waals surface area (Å²) < 4.78 is 59.6. The fourth-order valence-electron chi connectivity index (χ4n) is 1.65. The maximum atomic E-state index is 12.1. The molecule has 1 saturated heterocycles. The number of hydrogen-bond donors (Lipinski definition) is 1. The van der Waals surface area contributed by atoms with Crippen LogP contribution in [0.3, 0.4) is 0 Å². The standard InChI is InChI=1S/C8H15F3N2O2S/c1-2-13-5-3-7(4-6-13)12-16(14,15)8(9,10)11/h7,12H,2-6H2,1H3. The molecule has 0 amide bonds. The van der Waals surface area contributed by atoms with E-state index in [-0.39, 0.29) is 0 Å². The summed E-state index contributed by atoms with van der Waals surface area (Å²) in [5.74, 6) is 0. The quantitative estimate of drug-likeness (QED) is 0.820. The molecule has 1 rings (SSSR count). The van der Waals surface area contributed by atoms with Gasteiger partial charge in [0.25, 0.3) is 0 Å². The minimum atomic E-state index is -5.21.